The van der Waals surface area contributed by atoms with Gasteiger partial charge in [0, 0.05) is 5.69 Å². The van der Waals surface area contributed by atoms with Gasteiger partial charge < -0.3 is 15.7 Å². The van der Waals surface area contributed by atoms with Gasteiger partial charge in [-0.25, -0.2) is 0 Å². The van der Waals surface area contributed by atoms with Crippen LogP contribution >= 0.6 is 0 Å². The van der Waals surface area contributed by atoms with Crippen LogP contribution in [0, 0.1) is 5.92 Å². The Bertz CT molecular complexity index is 411. The van der Waals surface area contributed by atoms with Crippen LogP contribution in [0.3, 0.4) is 0 Å². The minimum absolute atomic E-state index is 0.372. The summed E-state index contributed by atoms with van der Waals surface area (Å²) in [7, 11) is 0. The molecule has 1 fully saturated rings. The van der Waals surface area contributed by atoms with Gasteiger partial charge in [-0.15, -0.1) is 0 Å². The number of piperidine rings is 1. The molecule has 0 atom stereocenters. The van der Waals surface area contributed by atoms with Crippen LogP contribution in [0.25, 0.3) is 0 Å². The SMILES string of the molecule is O=C(CO)Nc1ccc(CCCC2CCNCC2)cc1. The summed E-state index contributed by atoms with van der Waals surface area (Å²) in [4.78, 5) is 11.0. The summed E-state index contributed by atoms with van der Waals surface area (Å²) in [6.45, 7) is 1.87. The van der Waals surface area contributed by atoms with E-state index in [9.17, 15) is 4.79 Å². The van der Waals surface area contributed by atoms with Gasteiger partial charge in [0.15, 0.2) is 0 Å². The molecule has 0 aromatic heterocycles. The minimum atomic E-state index is -0.474. The Balaban J connectivity index is 1.71. The summed E-state index contributed by atoms with van der Waals surface area (Å²) in [5, 5.41) is 14.7. The zero-order valence-corrected chi connectivity index (χ0v) is 11.9. The van der Waals surface area contributed by atoms with Gasteiger partial charge in [-0.1, -0.05) is 18.6 Å². The van der Waals surface area contributed by atoms with Gasteiger partial charge in [0.25, 0.3) is 0 Å². The lowest BCUT2D eigenvalue weighted by Gasteiger charge is -2.22. The first-order chi connectivity index (χ1) is 9.78. The Hall–Kier alpha value is -1.39. The topological polar surface area (TPSA) is 61.4 Å². The summed E-state index contributed by atoms with van der Waals surface area (Å²) >= 11 is 0. The highest BCUT2D eigenvalue weighted by atomic mass is 16.3. The van der Waals surface area contributed by atoms with Crippen LogP contribution in [0.4, 0.5) is 5.69 Å². The number of nitrogens with one attached hydrogen (secondary N) is 2. The molecule has 20 heavy (non-hydrogen) atoms. The predicted octanol–water partition coefficient (Wildman–Crippen LogP) is 1.94. The summed E-state index contributed by atoms with van der Waals surface area (Å²) in [5.41, 5.74) is 2.05. The van der Waals surface area contributed by atoms with Crippen LogP contribution in [0.15, 0.2) is 24.3 Å². The molecular formula is C16H24N2O2. The van der Waals surface area contributed by atoms with E-state index in [0.29, 0.717) is 0 Å². The maximum Gasteiger partial charge on any atom is 0.250 e. The van der Waals surface area contributed by atoms with E-state index in [1.54, 1.807) is 0 Å². The van der Waals surface area contributed by atoms with E-state index in [2.05, 4.69) is 22.8 Å². The summed E-state index contributed by atoms with van der Waals surface area (Å²) < 4.78 is 0. The van der Waals surface area contributed by atoms with Crippen molar-refractivity contribution in [3.63, 3.8) is 0 Å². The second-order valence-electron chi connectivity index (χ2n) is 5.49. The van der Waals surface area contributed by atoms with Crippen molar-refractivity contribution in [3.8, 4) is 0 Å². The molecule has 1 aliphatic rings. The minimum Gasteiger partial charge on any atom is -0.387 e. The van der Waals surface area contributed by atoms with E-state index >= 15 is 0 Å². The van der Waals surface area contributed by atoms with Gasteiger partial charge in [-0.05, 0) is 62.4 Å². The van der Waals surface area contributed by atoms with Crippen molar-refractivity contribution in [2.24, 2.45) is 5.92 Å². The summed E-state index contributed by atoms with van der Waals surface area (Å²) in [6, 6.07) is 7.89. The molecule has 4 heteroatoms. The predicted molar refractivity (Wildman–Crippen MR) is 80.7 cm³/mol. The Morgan fingerprint density at radius 2 is 1.95 bits per heavy atom. The monoisotopic (exact) mass is 276 g/mol. The lowest BCUT2D eigenvalue weighted by molar-refractivity contribution is -0.118. The number of rotatable bonds is 6. The molecule has 0 radical (unpaired) electrons. The van der Waals surface area contributed by atoms with Crippen LogP contribution in [0.1, 0.15) is 31.2 Å². The number of amides is 1. The molecule has 1 saturated heterocycles. The van der Waals surface area contributed by atoms with E-state index in [1.165, 1.54) is 44.3 Å². The van der Waals surface area contributed by atoms with Crippen LogP contribution in [-0.2, 0) is 11.2 Å². The van der Waals surface area contributed by atoms with Crippen LogP contribution in [-0.4, -0.2) is 30.7 Å². The molecule has 0 bridgehead atoms. The summed E-state index contributed by atoms with van der Waals surface area (Å²) in [5.74, 6) is 0.517. The molecule has 1 aromatic carbocycles. The summed E-state index contributed by atoms with van der Waals surface area (Å²) in [6.07, 6.45) is 6.26. The Morgan fingerprint density at radius 3 is 2.60 bits per heavy atom. The number of benzene rings is 1. The Labute approximate surface area is 120 Å². The van der Waals surface area contributed by atoms with Crippen molar-refractivity contribution < 1.29 is 9.90 Å². The molecule has 1 aliphatic heterocycles. The number of aliphatic hydroxyl groups excluding tert-OH is 1. The maximum atomic E-state index is 11.0. The van der Waals surface area contributed by atoms with Crippen LogP contribution in [0.5, 0.6) is 0 Å². The molecule has 0 spiro atoms. The molecule has 0 aliphatic carbocycles. The normalized spacial score (nSPS) is 16.1. The number of carbonyl (C=O) groups is 1. The van der Waals surface area contributed by atoms with Crippen LogP contribution < -0.4 is 10.6 Å². The Kier molecular flexibility index (Phi) is 6.02. The fourth-order valence-corrected chi connectivity index (χ4v) is 2.72. The van der Waals surface area contributed by atoms with Gasteiger partial charge in [-0.3, -0.25) is 4.79 Å². The van der Waals surface area contributed by atoms with E-state index in [0.717, 1.165) is 18.0 Å². The third-order valence-corrected chi connectivity index (χ3v) is 3.92. The largest absolute Gasteiger partial charge is 0.387 e. The first-order valence-corrected chi connectivity index (χ1v) is 7.48. The van der Waals surface area contributed by atoms with Gasteiger partial charge in [0.2, 0.25) is 5.91 Å². The molecule has 1 heterocycles. The second kappa shape index (κ2) is 8.02. The number of hydrogen-bond donors (Lipinski definition) is 3. The van der Waals surface area contributed by atoms with Gasteiger partial charge >= 0.3 is 0 Å². The number of carbonyl (C=O) groups excluding carboxylic acids is 1. The molecule has 1 aromatic rings. The highest BCUT2D eigenvalue weighted by Crippen LogP contribution is 2.19. The van der Waals surface area contributed by atoms with Crippen molar-refractivity contribution in [3.05, 3.63) is 29.8 Å². The second-order valence-corrected chi connectivity index (χ2v) is 5.49. The molecule has 0 unspecified atom stereocenters. The van der Waals surface area contributed by atoms with Crippen molar-refractivity contribution in [1.82, 2.24) is 5.32 Å². The van der Waals surface area contributed by atoms with E-state index < -0.39 is 6.61 Å². The van der Waals surface area contributed by atoms with Crippen molar-refractivity contribution >= 4 is 11.6 Å². The standard InChI is InChI=1S/C16H24N2O2/c19-12-16(20)18-15-6-4-13(5-7-15)2-1-3-14-8-10-17-11-9-14/h4-7,14,17,19H,1-3,8-12H2,(H,18,20). The van der Waals surface area contributed by atoms with Gasteiger partial charge in [-0.2, -0.15) is 0 Å². The molecule has 2 rings (SSSR count). The van der Waals surface area contributed by atoms with Gasteiger partial charge in [0.1, 0.15) is 6.61 Å². The molecule has 0 saturated carbocycles. The van der Waals surface area contributed by atoms with Crippen LogP contribution in [0.2, 0.25) is 0 Å². The fraction of sp³-hybridized carbons (Fsp3) is 0.562. The lowest BCUT2D eigenvalue weighted by atomic mass is 9.91. The van der Waals surface area contributed by atoms with Gasteiger partial charge in [0.05, 0.1) is 0 Å². The maximum absolute atomic E-state index is 11.0. The molecular weight excluding hydrogens is 252 g/mol. The third-order valence-electron chi connectivity index (χ3n) is 3.92. The highest BCUT2D eigenvalue weighted by molar-refractivity contribution is 5.91. The number of aliphatic hydroxyl groups is 1. The zero-order chi connectivity index (χ0) is 14.2. The highest BCUT2D eigenvalue weighted by Gasteiger charge is 2.12. The first-order valence-electron chi connectivity index (χ1n) is 7.48. The fourth-order valence-electron chi connectivity index (χ4n) is 2.72. The molecule has 3 N–H and O–H groups in total. The van der Waals surface area contributed by atoms with E-state index in [1.807, 2.05) is 12.1 Å². The quantitative estimate of drug-likeness (QED) is 0.744. The van der Waals surface area contributed by atoms with Crippen molar-refractivity contribution in [2.75, 3.05) is 25.0 Å². The lowest BCUT2D eigenvalue weighted by Crippen LogP contribution is -2.27. The smallest absolute Gasteiger partial charge is 0.250 e. The average Bonchev–Trinajstić information content (AvgIpc) is 2.50. The zero-order valence-electron chi connectivity index (χ0n) is 11.9. The van der Waals surface area contributed by atoms with E-state index in [4.69, 9.17) is 5.11 Å². The van der Waals surface area contributed by atoms with Crippen molar-refractivity contribution in [2.45, 2.75) is 32.1 Å². The average molecular weight is 276 g/mol. The number of anilines is 1. The number of hydrogen-bond acceptors (Lipinski definition) is 3. The molecule has 1 amide bonds. The first kappa shape index (κ1) is 15.0. The van der Waals surface area contributed by atoms with E-state index in [-0.39, 0.29) is 5.91 Å². The Morgan fingerprint density at radius 1 is 1.25 bits per heavy atom. The van der Waals surface area contributed by atoms with Crippen molar-refractivity contribution in [1.29, 1.82) is 0 Å². The molecule has 110 valence electrons. The molecule has 4 nitrogen and oxygen atoms in total. The number of aryl methyl sites for hydroxylation is 1. The third kappa shape index (κ3) is 4.94.